The monoisotopic (exact) mass is 718 g/mol. The van der Waals surface area contributed by atoms with Gasteiger partial charge in [0.15, 0.2) is 5.70 Å². The summed E-state index contributed by atoms with van der Waals surface area (Å²) in [5.41, 5.74) is -0.430. The Bertz CT molecular complexity index is 2520. The first-order valence-electron chi connectivity index (χ1n) is 13.0. The number of carbonyl (C=O) groups is 1. The number of allylic oxidation sites excluding steroid dienone is 1. The molecule has 5 rings (SSSR count). The molecule has 0 saturated heterocycles. The number of aromatic nitrogens is 1. The fourth-order valence-corrected chi connectivity index (χ4v) is 8.27. The molecule has 0 aliphatic carbocycles. The van der Waals surface area contributed by atoms with Gasteiger partial charge in [-0.25, -0.2) is 4.98 Å². The number of amides is 1. The Labute approximate surface area is 271 Å². The molecule has 47 heavy (non-hydrogen) atoms. The van der Waals surface area contributed by atoms with Gasteiger partial charge < -0.3 is 10.4 Å². The van der Waals surface area contributed by atoms with E-state index in [1.54, 1.807) is 6.07 Å². The number of aliphatic hydroxyl groups excluding tert-OH is 1. The highest BCUT2D eigenvalue weighted by Gasteiger charge is 2.24. The number of nitrogens with zero attached hydrogens (tertiary/aromatic N) is 3. The lowest BCUT2D eigenvalue weighted by atomic mass is 10.1. The van der Waals surface area contributed by atoms with E-state index in [2.05, 4.69) is 20.5 Å². The number of azo groups is 1. The molecule has 0 saturated carbocycles. The Balaban J connectivity index is 1.52. The predicted octanol–water partition coefficient (Wildman–Crippen LogP) is 5.68. The molecule has 1 amide bonds. The van der Waals surface area contributed by atoms with Crippen molar-refractivity contribution in [2.75, 3.05) is 5.32 Å². The van der Waals surface area contributed by atoms with Crippen LogP contribution in [0.15, 0.2) is 103 Å². The number of thiazole rings is 1. The minimum Gasteiger partial charge on any atom is -0.510 e. The third-order valence-electron chi connectivity index (χ3n) is 6.68. The molecule has 0 radical (unpaired) electrons. The number of carbonyl (C=O) groups excluding carboxylic acids is 1. The summed E-state index contributed by atoms with van der Waals surface area (Å²) in [6, 6.07) is 14.7. The van der Waals surface area contributed by atoms with E-state index < -0.39 is 63.2 Å². The maximum Gasteiger partial charge on any atom is 0.296 e. The zero-order chi connectivity index (χ0) is 34.5. The number of anilines is 1. The number of aliphatic hydroxyl groups is 1. The van der Waals surface area contributed by atoms with Crippen LogP contribution in [0.25, 0.3) is 31.6 Å². The Morgan fingerprint density at radius 1 is 0.830 bits per heavy atom. The lowest BCUT2D eigenvalue weighted by Crippen LogP contribution is -2.15. The van der Waals surface area contributed by atoms with E-state index in [0.717, 1.165) is 36.5 Å². The first kappa shape index (κ1) is 33.7. The van der Waals surface area contributed by atoms with Crippen molar-refractivity contribution in [3.05, 3.63) is 83.7 Å². The highest BCUT2D eigenvalue weighted by Crippen LogP contribution is 2.38. The summed E-state index contributed by atoms with van der Waals surface area (Å²) >= 11 is 0.852. The van der Waals surface area contributed by atoms with E-state index in [4.69, 9.17) is 0 Å². The van der Waals surface area contributed by atoms with Crippen molar-refractivity contribution in [3.8, 4) is 10.6 Å². The van der Waals surface area contributed by atoms with Gasteiger partial charge in [0.25, 0.3) is 36.3 Å². The van der Waals surface area contributed by atoms with Crippen LogP contribution in [-0.2, 0) is 35.1 Å². The molecule has 0 spiro atoms. The van der Waals surface area contributed by atoms with Crippen molar-refractivity contribution < 1.29 is 48.8 Å². The lowest BCUT2D eigenvalue weighted by molar-refractivity contribution is -0.113. The van der Waals surface area contributed by atoms with Gasteiger partial charge in [0.05, 0.1) is 10.2 Å². The highest BCUT2D eigenvalue weighted by molar-refractivity contribution is 7.86. The standard InChI is InChI=1S/C28H22N4O11S4/c1-14-7-9-21-25(26(14)47(41,42)43)44-28(30-21)16-8-10-20(23(13-16)46(38,39)40)31-32-24(15(2)33)27(34)29-19-11-12-22(45(35,36)37)18-6-4-3-5-17(18)19/h3-13,33H,1-2H3,(H,29,34)(H,35,36,37)(H,38,39,40)(H,41,42,43)/b24-15+,32-31?. The molecule has 19 heteroatoms. The summed E-state index contributed by atoms with van der Waals surface area (Å²) in [6.07, 6.45) is 0. The first-order chi connectivity index (χ1) is 21.9. The second-order valence-electron chi connectivity index (χ2n) is 9.93. The maximum atomic E-state index is 13.1. The zero-order valence-electron chi connectivity index (χ0n) is 24.0. The number of hydrogen-bond acceptors (Lipinski definition) is 12. The predicted molar refractivity (Wildman–Crippen MR) is 172 cm³/mol. The number of nitrogens with one attached hydrogen (secondary N) is 1. The molecule has 5 N–H and O–H groups in total. The van der Waals surface area contributed by atoms with Crippen LogP contribution in [0.3, 0.4) is 0 Å². The Hall–Kier alpha value is -4.63. The summed E-state index contributed by atoms with van der Waals surface area (Å²) < 4.78 is 102. The van der Waals surface area contributed by atoms with Crippen LogP contribution in [0.1, 0.15) is 12.5 Å². The highest BCUT2D eigenvalue weighted by atomic mass is 32.2. The van der Waals surface area contributed by atoms with Crippen LogP contribution >= 0.6 is 11.3 Å². The van der Waals surface area contributed by atoms with Crippen molar-refractivity contribution in [2.45, 2.75) is 28.5 Å². The van der Waals surface area contributed by atoms with Crippen molar-refractivity contribution >= 4 is 80.0 Å². The normalized spacial score (nSPS) is 13.3. The number of hydrogen-bond donors (Lipinski definition) is 5. The number of fused-ring (bicyclic) bond motifs is 2. The molecule has 0 unspecified atom stereocenters. The van der Waals surface area contributed by atoms with Crippen molar-refractivity contribution in [3.63, 3.8) is 0 Å². The van der Waals surface area contributed by atoms with Crippen LogP contribution in [0.4, 0.5) is 11.4 Å². The average Bonchev–Trinajstić information content (AvgIpc) is 3.39. The maximum absolute atomic E-state index is 13.1. The van der Waals surface area contributed by atoms with Crippen LogP contribution < -0.4 is 5.32 Å². The second kappa shape index (κ2) is 12.2. The Morgan fingerprint density at radius 3 is 2.11 bits per heavy atom. The number of aryl methyl sites for hydroxylation is 1. The largest absolute Gasteiger partial charge is 0.510 e. The molecule has 1 aromatic heterocycles. The van der Waals surface area contributed by atoms with Gasteiger partial charge in [-0.2, -0.15) is 25.3 Å². The van der Waals surface area contributed by atoms with E-state index in [9.17, 15) is 48.8 Å². The smallest absolute Gasteiger partial charge is 0.296 e. The summed E-state index contributed by atoms with van der Waals surface area (Å²) in [7, 11) is -14.2. The molecule has 4 aromatic carbocycles. The van der Waals surface area contributed by atoms with Crippen LogP contribution in [-0.4, -0.2) is 54.9 Å². The molecule has 1 heterocycles. The molecule has 0 atom stereocenters. The van der Waals surface area contributed by atoms with Gasteiger partial charge in [-0.3, -0.25) is 18.5 Å². The van der Waals surface area contributed by atoms with E-state index in [1.165, 1.54) is 49.4 Å². The van der Waals surface area contributed by atoms with E-state index >= 15 is 0 Å². The fraction of sp³-hybridized carbons (Fsp3) is 0.0714. The van der Waals surface area contributed by atoms with Gasteiger partial charge in [-0.1, -0.05) is 30.3 Å². The topological polar surface area (TPSA) is 250 Å². The summed E-state index contributed by atoms with van der Waals surface area (Å²) in [5.74, 6) is -1.66. The molecule has 0 aliphatic heterocycles. The third-order valence-corrected chi connectivity index (χ3v) is 10.8. The second-order valence-corrected chi connectivity index (χ2v) is 15.1. The first-order valence-corrected chi connectivity index (χ1v) is 18.1. The van der Waals surface area contributed by atoms with Crippen LogP contribution in [0, 0.1) is 6.92 Å². The molecule has 15 nitrogen and oxygen atoms in total. The molecule has 5 aromatic rings. The molecule has 0 fully saturated rings. The van der Waals surface area contributed by atoms with Crippen LogP contribution in [0.2, 0.25) is 0 Å². The van der Waals surface area contributed by atoms with Gasteiger partial charge in [-0.05, 0) is 55.8 Å². The van der Waals surface area contributed by atoms with Crippen molar-refractivity contribution in [1.82, 2.24) is 4.98 Å². The molecular weight excluding hydrogens is 697 g/mol. The van der Waals surface area contributed by atoms with Crippen molar-refractivity contribution in [2.24, 2.45) is 10.2 Å². The van der Waals surface area contributed by atoms with Crippen LogP contribution in [0.5, 0.6) is 0 Å². The zero-order valence-corrected chi connectivity index (χ0v) is 27.2. The molecule has 244 valence electrons. The van der Waals surface area contributed by atoms with Crippen molar-refractivity contribution in [1.29, 1.82) is 0 Å². The molecule has 0 aliphatic rings. The minimum atomic E-state index is -4.97. The minimum absolute atomic E-state index is 0.0816. The Kier molecular flexibility index (Phi) is 8.75. The SMILES string of the molecule is C/C(O)=C(\N=Nc1ccc(-c2nc3ccc(C)c(S(=O)(=O)O)c3s2)cc1S(=O)(=O)O)C(=O)Nc1ccc(S(=O)(=O)O)c2ccccc12. The number of rotatable bonds is 8. The van der Waals surface area contributed by atoms with Gasteiger partial charge in [0.1, 0.15) is 31.1 Å². The average molecular weight is 719 g/mol. The quantitative estimate of drug-likeness (QED) is 0.0563. The van der Waals surface area contributed by atoms with E-state index in [1.807, 2.05) is 0 Å². The third kappa shape index (κ3) is 6.90. The summed E-state index contributed by atoms with van der Waals surface area (Å²) in [4.78, 5) is 16.0. The molecular formula is C28H22N4O11S4. The summed E-state index contributed by atoms with van der Waals surface area (Å²) in [6.45, 7) is 2.59. The Morgan fingerprint density at radius 2 is 1.49 bits per heavy atom. The van der Waals surface area contributed by atoms with Gasteiger partial charge in [-0.15, -0.1) is 21.6 Å². The van der Waals surface area contributed by atoms with Gasteiger partial charge in [0.2, 0.25) is 0 Å². The summed E-state index contributed by atoms with van der Waals surface area (Å²) in [5, 5.41) is 20.6. The number of benzene rings is 4. The molecule has 0 bridgehead atoms. The van der Waals surface area contributed by atoms with E-state index in [-0.39, 0.29) is 47.7 Å². The fourth-order valence-electron chi connectivity index (χ4n) is 4.62. The lowest BCUT2D eigenvalue weighted by Gasteiger charge is -2.11. The van der Waals surface area contributed by atoms with Gasteiger partial charge >= 0.3 is 0 Å². The van der Waals surface area contributed by atoms with Gasteiger partial charge in [0, 0.05) is 22.0 Å². The van der Waals surface area contributed by atoms with E-state index in [0.29, 0.717) is 0 Å².